The minimum absolute atomic E-state index is 0.0151. The summed E-state index contributed by atoms with van der Waals surface area (Å²) < 4.78 is 20.6. The predicted octanol–water partition coefficient (Wildman–Crippen LogP) is 1.79. The molecular weight excluding hydrogens is 401 g/mol. The standard InChI is InChI=1S/C22H22FN5O3/c1-31-13-19(29)27-11-15-10-26(12-18(15)20(27)14-4-2-5-16(23)8-14)22(30)17-9-25-28-7-3-6-24-21(17)28/h2-9,15,18,20H,10-13H2,1H3/t15-,18-,20+/m1/s1. The van der Waals surface area contributed by atoms with Crippen LogP contribution in [-0.4, -0.2) is 69.6 Å². The van der Waals surface area contributed by atoms with Gasteiger partial charge in [0.15, 0.2) is 5.65 Å². The van der Waals surface area contributed by atoms with Crippen molar-refractivity contribution in [1.82, 2.24) is 24.4 Å². The molecule has 31 heavy (non-hydrogen) atoms. The van der Waals surface area contributed by atoms with Gasteiger partial charge in [-0.2, -0.15) is 5.10 Å². The first-order valence-electron chi connectivity index (χ1n) is 10.2. The third-order valence-corrected chi connectivity index (χ3v) is 6.24. The summed E-state index contributed by atoms with van der Waals surface area (Å²) >= 11 is 0. The number of nitrogens with zero attached hydrogens (tertiary/aromatic N) is 5. The fourth-order valence-electron chi connectivity index (χ4n) is 4.94. The van der Waals surface area contributed by atoms with E-state index in [0.29, 0.717) is 30.8 Å². The zero-order valence-electron chi connectivity index (χ0n) is 17.0. The van der Waals surface area contributed by atoms with Gasteiger partial charge in [-0.25, -0.2) is 13.9 Å². The molecule has 0 aliphatic carbocycles. The molecule has 1 aromatic carbocycles. The molecule has 2 amide bonds. The Hall–Kier alpha value is -3.33. The number of hydrogen-bond acceptors (Lipinski definition) is 5. The lowest BCUT2D eigenvalue weighted by atomic mass is 9.89. The van der Waals surface area contributed by atoms with Crippen LogP contribution < -0.4 is 0 Å². The number of ether oxygens (including phenoxy) is 1. The molecule has 0 bridgehead atoms. The van der Waals surface area contributed by atoms with Gasteiger partial charge in [-0.15, -0.1) is 0 Å². The molecule has 5 rings (SSSR count). The molecule has 0 spiro atoms. The quantitative estimate of drug-likeness (QED) is 0.639. The number of carbonyl (C=O) groups excluding carboxylic acids is 2. The van der Waals surface area contributed by atoms with Crippen molar-refractivity contribution >= 4 is 17.5 Å². The zero-order chi connectivity index (χ0) is 21.5. The van der Waals surface area contributed by atoms with Crippen molar-refractivity contribution in [1.29, 1.82) is 0 Å². The molecule has 2 aliphatic heterocycles. The summed E-state index contributed by atoms with van der Waals surface area (Å²) in [6, 6.07) is 7.80. The normalized spacial score (nSPS) is 22.8. The van der Waals surface area contributed by atoms with Crippen molar-refractivity contribution in [3.05, 3.63) is 65.9 Å². The lowest BCUT2D eigenvalue weighted by molar-refractivity contribution is -0.136. The van der Waals surface area contributed by atoms with Crippen LogP contribution in [0.3, 0.4) is 0 Å². The number of methoxy groups -OCH3 is 1. The third-order valence-electron chi connectivity index (χ3n) is 6.24. The largest absolute Gasteiger partial charge is 0.375 e. The van der Waals surface area contributed by atoms with Crippen LogP contribution >= 0.6 is 0 Å². The Morgan fingerprint density at radius 3 is 2.90 bits per heavy atom. The van der Waals surface area contributed by atoms with Crippen LogP contribution in [-0.2, 0) is 9.53 Å². The van der Waals surface area contributed by atoms with Crippen molar-refractivity contribution in [3.8, 4) is 0 Å². The van der Waals surface area contributed by atoms with E-state index in [1.165, 1.54) is 25.4 Å². The zero-order valence-corrected chi connectivity index (χ0v) is 17.0. The Bertz CT molecular complexity index is 1150. The van der Waals surface area contributed by atoms with E-state index < -0.39 is 0 Å². The number of halogens is 1. The molecule has 0 radical (unpaired) electrons. The fraction of sp³-hybridized carbons (Fsp3) is 0.364. The average Bonchev–Trinajstić information content (AvgIpc) is 3.45. The Morgan fingerprint density at radius 1 is 1.23 bits per heavy atom. The van der Waals surface area contributed by atoms with Gasteiger partial charge in [-0.1, -0.05) is 12.1 Å². The molecule has 0 N–H and O–H groups in total. The molecular formula is C22H22FN5O3. The van der Waals surface area contributed by atoms with Gasteiger partial charge in [-0.05, 0) is 23.8 Å². The van der Waals surface area contributed by atoms with Crippen LogP contribution in [0.2, 0.25) is 0 Å². The number of likely N-dealkylation sites (tertiary alicyclic amines) is 2. The monoisotopic (exact) mass is 423 g/mol. The minimum atomic E-state index is -0.344. The molecule has 3 aromatic rings. The number of rotatable bonds is 4. The van der Waals surface area contributed by atoms with Crippen LogP contribution in [0, 0.1) is 17.7 Å². The lowest BCUT2D eigenvalue weighted by Crippen LogP contribution is -2.38. The summed E-state index contributed by atoms with van der Waals surface area (Å²) in [5, 5.41) is 4.21. The Labute approximate surface area is 178 Å². The molecule has 2 aliphatic rings. The smallest absolute Gasteiger partial charge is 0.259 e. The second kappa shape index (κ2) is 7.73. The number of amides is 2. The molecule has 9 heteroatoms. The molecule has 160 valence electrons. The van der Waals surface area contributed by atoms with E-state index in [9.17, 15) is 14.0 Å². The van der Waals surface area contributed by atoms with E-state index in [-0.39, 0.29) is 42.1 Å². The van der Waals surface area contributed by atoms with Gasteiger partial charge in [0.25, 0.3) is 5.91 Å². The highest BCUT2D eigenvalue weighted by Gasteiger charge is 2.50. The molecule has 2 aromatic heterocycles. The molecule has 2 saturated heterocycles. The van der Waals surface area contributed by atoms with Gasteiger partial charge < -0.3 is 14.5 Å². The second-order valence-corrected chi connectivity index (χ2v) is 8.06. The van der Waals surface area contributed by atoms with Crippen LogP contribution in [0.25, 0.3) is 5.65 Å². The maximum atomic E-state index is 14.0. The highest BCUT2D eigenvalue weighted by Crippen LogP contribution is 2.45. The van der Waals surface area contributed by atoms with Crippen molar-refractivity contribution in [2.45, 2.75) is 6.04 Å². The maximum absolute atomic E-state index is 14.0. The number of carbonyl (C=O) groups is 2. The van der Waals surface area contributed by atoms with Gasteiger partial charge in [0.2, 0.25) is 5.91 Å². The van der Waals surface area contributed by atoms with Crippen molar-refractivity contribution in [3.63, 3.8) is 0 Å². The first kappa shape index (κ1) is 19.6. The summed E-state index contributed by atoms with van der Waals surface area (Å²) in [7, 11) is 1.48. The first-order chi connectivity index (χ1) is 15.1. The molecule has 0 saturated carbocycles. The molecule has 3 atom stereocenters. The summed E-state index contributed by atoms with van der Waals surface area (Å²) in [5.74, 6) is -0.482. The van der Waals surface area contributed by atoms with Crippen molar-refractivity contribution in [2.75, 3.05) is 33.4 Å². The Kier molecular flexibility index (Phi) is 4.90. The number of fused-ring (bicyclic) bond motifs is 2. The summed E-state index contributed by atoms with van der Waals surface area (Å²) in [6.07, 6.45) is 4.92. The summed E-state index contributed by atoms with van der Waals surface area (Å²) in [4.78, 5) is 33.8. The van der Waals surface area contributed by atoms with E-state index in [1.54, 1.807) is 38.8 Å². The molecule has 4 heterocycles. The number of hydrogen-bond donors (Lipinski definition) is 0. The van der Waals surface area contributed by atoms with E-state index in [0.717, 1.165) is 5.56 Å². The fourth-order valence-corrected chi connectivity index (χ4v) is 4.94. The maximum Gasteiger partial charge on any atom is 0.259 e. The van der Waals surface area contributed by atoms with Crippen molar-refractivity contribution < 1.29 is 18.7 Å². The van der Waals surface area contributed by atoms with Crippen LogP contribution in [0.15, 0.2) is 48.9 Å². The van der Waals surface area contributed by atoms with E-state index in [2.05, 4.69) is 10.1 Å². The highest BCUT2D eigenvalue weighted by molar-refractivity contribution is 5.99. The molecule has 2 fully saturated rings. The van der Waals surface area contributed by atoms with Gasteiger partial charge >= 0.3 is 0 Å². The molecule has 0 unspecified atom stereocenters. The lowest BCUT2D eigenvalue weighted by Gasteiger charge is -2.30. The Morgan fingerprint density at radius 2 is 2.10 bits per heavy atom. The van der Waals surface area contributed by atoms with Gasteiger partial charge in [-0.3, -0.25) is 9.59 Å². The van der Waals surface area contributed by atoms with E-state index >= 15 is 0 Å². The number of benzene rings is 1. The SMILES string of the molecule is COCC(=O)N1C[C@H]2CN(C(=O)c3cnn4cccnc34)C[C@H]2[C@@H]1c1cccc(F)c1. The van der Waals surface area contributed by atoms with Crippen LogP contribution in [0.5, 0.6) is 0 Å². The predicted molar refractivity (Wildman–Crippen MR) is 109 cm³/mol. The van der Waals surface area contributed by atoms with Crippen LogP contribution in [0.1, 0.15) is 22.0 Å². The second-order valence-electron chi connectivity index (χ2n) is 8.06. The third kappa shape index (κ3) is 3.34. The topological polar surface area (TPSA) is 80.0 Å². The minimum Gasteiger partial charge on any atom is -0.375 e. The van der Waals surface area contributed by atoms with Gasteiger partial charge in [0.05, 0.1) is 12.2 Å². The average molecular weight is 423 g/mol. The summed E-state index contributed by atoms with van der Waals surface area (Å²) in [5.41, 5.74) is 1.71. The van der Waals surface area contributed by atoms with Gasteiger partial charge in [0, 0.05) is 51.0 Å². The highest BCUT2D eigenvalue weighted by atomic mass is 19.1. The van der Waals surface area contributed by atoms with Crippen LogP contribution in [0.4, 0.5) is 4.39 Å². The first-order valence-corrected chi connectivity index (χ1v) is 10.2. The number of aromatic nitrogens is 3. The van der Waals surface area contributed by atoms with E-state index in [4.69, 9.17) is 4.74 Å². The van der Waals surface area contributed by atoms with Gasteiger partial charge in [0.1, 0.15) is 18.0 Å². The Balaban J connectivity index is 1.43. The summed E-state index contributed by atoms with van der Waals surface area (Å²) in [6.45, 7) is 1.48. The van der Waals surface area contributed by atoms with E-state index in [1.807, 2.05) is 6.07 Å². The molecule has 8 nitrogen and oxygen atoms in total. The van der Waals surface area contributed by atoms with Crippen molar-refractivity contribution in [2.24, 2.45) is 11.8 Å².